The number of aromatic nitrogens is 1. The molecular weight excluding hydrogens is 424 g/mol. The maximum Gasteiger partial charge on any atom is 0.256 e. The topological polar surface area (TPSA) is 88.3 Å². The van der Waals surface area contributed by atoms with Gasteiger partial charge in [-0.25, -0.2) is 0 Å². The maximum absolute atomic E-state index is 13.2. The van der Waals surface area contributed by atoms with Gasteiger partial charge in [0, 0.05) is 41.1 Å². The zero-order valence-electron chi connectivity index (χ0n) is 18.6. The van der Waals surface area contributed by atoms with Crippen molar-refractivity contribution in [3.63, 3.8) is 0 Å². The number of anilines is 3. The van der Waals surface area contributed by atoms with Crippen molar-refractivity contribution in [3.8, 4) is 11.1 Å². The number of carbonyl (C=O) groups is 2. The number of nitrogens with one attached hydrogen (secondary N) is 1. The van der Waals surface area contributed by atoms with Gasteiger partial charge in [0.15, 0.2) is 0 Å². The minimum atomic E-state index is -0.229. The number of hydrogen-bond acceptors (Lipinski definition) is 4. The molecule has 0 saturated heterocycles. The molecule has 0 unspecified atom stereocenters. The molecule has 2 amide bonds. The molecule has 0 fully saturated rings. The van der Waals surface area contributed by atoms with Gasteiger partial charge in [-0.1, -0.05) is 42.5 Å². The highest BCUT2D eigenvalue weighted by Crippen LogP contribution is 2.32. The normalized spacial score (nSPS) is 12.3. The molecule has 0 aliphatic carbocycles. The Morgan fingerprint density at radius 1 is 0.941 bits per heavy atom. The monoisotopic (exact) mass is 448 g/mol. The van der Waals surface area contributed by atoms with Gasteiger partial charge in [0.1, 0.15) is 0 Å². The Morgan fingerprint density at radius 3 is 2.56 bits per heavy atom. The van der Waals surface area contributed by atoms with Crippen LogP contribution in [0.1, 0.15) is 21.6 Å². The van der Waals surface area contributed by atoms with Crippen molar-refractivity contribution in [3.05, 3.63) is 108 Å². The third kappa shape index (κ3) is 4.38. The van der Waals surface area contributed by atoms with Gasteiger partial charge >= 0.3 is 0 Å². The minimum absolute atomic E-state index is 0.0153. The average Bonchev–Trinajstić information content (AvgIpc) is 3.28. The first-order chi connectivity index (χ1) is 16.6. The number of amides is 2. The van der Waals surface area contributed by atoms with Crippen molar-refractivity contribution in [1.29, 1.82) is 0 Å². The summed E-state index contributed by atoms with van der Waals surface area (Å²) in [6.45, 7) is 0.617. The highest BCUT2D eigenvalue weighted by Gasteiger charge is 2.25. The lowest BCUT2D eigenvalue weighted by molar-refractivity contribution is -0.117. The number of rotatable bonds is 5. The van der Waals surface area contributed by atoms with Crippen LogP contribution in [0.3, 0.4) is 0 Å². The second-order valence-electron chi connectivity index (χ2n) is 8.26. The summed E-state index contributed by atoms with van der Waals surface area (Å²) < 4.78 is 0. The highest BCUT2D eigenvalue weighted by molar-refractivity contribution is 6.09. The van der Waals surface area contributed by atoms with Crippen molar-refractivity contribution < 1.29 is 9.59 Å². The molecule has 1 aliphatic heterocycles. The second kappa shape index (κ2) is 9.19. The number of fused-ring (bicyclic) bond motifs is 1. The number of carbonyl (C=O) groups excluding carboxylic acids is 2. The SMILES string of the molecule is Nc1ccc(-c2ccccc2)c(C(=O)Nc2ccc3c(c2)CCN3C(=O)Cc2ccccn2)c1. The average molecular weight is 449 g/mol. The van der Waals surface area contributed by atoms with Crippen LogP contribution in [0.5, 0.6) is 0 Å². The second-order valence-corrected chi connectivity index (χ2v) is 8.26. The fourth-order valence-corrected chi connectivity index (χ4v) is 4.31. The molecule has 2 heterocycles. The summed E-state index contributed by atoms with van der Waals surface area (Å²) in [7, 11) is 0. The highest BCUT2D eigenvalue weighted by atomic mass is 16.2. The van der Waals surface area contributed by atoms with Crippen LogP contribution in [-0.2, 0) is 17.6 Å². The first-order valence-corrected chi connectivity index (χ1v) is 11.2. The Kier molecular flexibility index (Phi) is 5.79. The number of nitrogens with two attached hydrogens (primary N) is 1. The van der Waals surface area contributed by atoms with Crippen molar-refractivity contribution in [2.24, 2.45) is 0 Å². The van der Waals surface area contributed by atoms with Crippen LogP contribution in [0.2, 0.25) is 0 Å². The van der Waals surface area contributed by atoms with Crippen molar-refractivity contribution in [2.45, 2.75) is 12.8 Å². The van der Waals surface area contributed by atoms with E-state index in [1.54, 1.807) is 23.2 Å². The van der Waals surface area contributed by atoms with Crippen LogP contribution in [0.25, 0.3) is 11.1 Å². The lowest BCUT2D eigenvalue weighted by Gasteiger charge is -2.18. The van der Waals surface area contributed by atoms with E-state index in [-0.39, 0.29) is 18.2 Å². The lowest BCUT2D eigenvalue weighted by atomic mass is 9.98. The molecule has 0 spiro atoms. The number of nitrogen functional groups attached to an aromatic ring is 1. The largest absolute Gasteiger partial charge is 0.399 e. The first kappa shape index (κ1) is 21.4. The van der Waals surface area contributed by atoms with Crippen molar-refractivity contribution in [2.75, 3.05) is 22.5 Å². The standard InChI is InChI=1S/C28H24N4O2/c29-21-9-11-24(19-6-2-1-3-7-19)25(17-21)28(34)31-23-10-12-26-20(16-23)13-15-32(26)27(33)18-22-8-4-5-14-30-22/h1-12,14,16-17H,13,15,18,29H2,(H,31,34). The number of hydrogen-bond donors (Lipinski definition) is 2. The third-order valence-electron chi connectivity index (χ3n) is 5.97. The van der Waals surface area contributed by atoms with E-state index in [1.807, 2.05) is 72.8 Å². The van der Waals surface area contributed by atoms with E-state index in [2.05, 4.69) is 10.3 Å². The number of benzene rings is 3. The predicted molar refractivity (Wildman–Crippen MR) is 135 cm³/mol. The van der Waals surface area contributed by atoms with Gasteiger partial charge in [0.05, 0.1) is 6.42 Å². The van der Waals surface area contributed by atoms with Crippen LogP contribution >= 0.6 is 0 Å². The zero-order valence-corrected chi connectivity index (χ0v) is 18.6. The predicted octanol–water partition coefficient (Wildman–Crippen LogP) is 4.71. The molecule has 34 heavy (non-hydrogen) atoms. The van der Waals surface area contributed by atoms with Crippen LogP contribution in [0.4, 0.5) is 17.1 Å². The molecule has 0 saturated carbocycles. The maximum atomic E-state index is 13.2. The van der Waals surface area contributed by atoms with Crippen LogP contribution in [0, 0.1) is 0 Å². The Hall–Kier alpha value is -4.45. The number of nitrogens with zero attached hydrogens (tertiary/aromatic N) is 2. The van der Waals surface area contributed by atoms with Gasteiger partial charge in [-0.2, -0.15) is 0 Å². The van der Waals surface area contributed by atoms with Gasteiger partial charge in [0.2, 0.25) is 5.91 Å². The quantitative estimate of drug-likeness (QED) is 0.433. The molecule has 0 radical (unpaired) electrons. The molecule has 3 aromatic carbocycles. The molecule has 6 nitrogen and oxygen atoms in total. The molecule has 6 heteroatoms. The van der Waals surface area contributed by atoms with Gasteiger partial charge < -0.3 is 16.0 Å². The molecule has 1 aliphatic rings. The van der Waals surface area contributed by atoms with Crippen molar-refractivity contribution in [1.82, 2.24) is 4.98 Å². The molecule has 0 atom stereocenters. The van der Waals surface area contributed by atoms with E-state index in [0.717, 1.165) is 34.5 Å². The summed E-state index contributed by atoms with van der Waals surface area (Å²) in [6.07, 6.45) is 2.69. The van der Waals surface area contributed by atoms with Crippen LogP contribution in [-0.4, -0.2) is 23.3 Å². The van der Waals surface area contributed by atoms with E-state index < -0.39 is 0 Å². The molecule has 1 aromatic heterocycles. The van der Waals surface area contributed by atoms with Gasteiger partial charge in [-0.15, -0.1) is 0 Å². The molecule has 3 N–H and O–H groups in total. The molecule has 168 valence electrons. The summed E-state index contributed by atoms with van der Waals surface area (Å²) in [5.74, 6) is -0.214. The molecular formula is C28H24N4O2. The summed E-state index contributed by atoms with van der Waals surface area (Å²) in [5, 5.41) is 3.00. The fraction of sp³-hybridized carbons (Fsp3) is 0.107. The summed E-state index contributed by atoms with van der Waals surface area (Å²) in [6, 6.07) is 26.4. The Balaban J connectivity index is 1.35. The smallest absolute Gasteiger partial charge is 0.256 e. The summed E-state index contributed by atoms with van der Waals surface area (Å²) >= 11 is 0. The van der Waals surface area contributed by atoms with E-state index in [4.69, 9.17) is 5.73 Å². The minimum Gasteiger partial charge on any atom is -0.399 e. The van der Waals surface area contributed by atoms with E-state index >= 15 is 0 Å². The van der Waals surface area contributed by atoms with Crippen molar-refractivity contribution >= 4 is 28.9 Å². The summed E-state index contributed by atoms with van der Waals surface area (Å²) in [5.41, 5.74) is 12.1. The lowest BCUT2D eigenvalue weighted by Crippen LogP contribution is -2.30. The Bertz CT molecular complexity index is 1350. The first-order valence-electron chi connectivity index (χ1n) is 11.2. The number of pyridine rings is 1. The molecule has 4 aromatic rings. The molecule has 5 rings (SSSR count). The van der Waals surface area contributed by atoms with E-state index in [0.29, 0.717) is 23.5 Å². The third-order valence-corrected chi connectivity index (χ3v) is 5.97. The van der Waals surface area contributed by atoms with Gasteiger partial charge in [-0.3, -0.25) is 14.6 Å². The van der Waals surface area contributed by atoms with Gasteiger partial charge in [-0.05, 0) is 65.6 Å². The Morgan fingerprint density at radius 2 is 1.76 bits per heavy atom. The van der Waals surface area contributed by atoms with E-state index in [1.165, 1.54) is 0 Å². The van der Waals surface area contributed by atoms with E-state index in [9.17, 15) is 9.59 Å². The Labute approximate surface area is 198 Å². The zero-order chi connectivity index (χ0) is 23.5. The van der Waals surface area contributed by atoms with Crippen LogP contribution < -0.4 is 16.0 Å². The van der Waals surface area contributed by atoms with Gasteiger partial charge in [0.25, 0.3) is 5.91 Å². The summed E-state index contributed by atoms with van der Waals surface area (Å²) in [4.78, 5) is 32.1. The van der Waals surface area contributed by atoms with Crippen LogP contribution in [0.15, 0.2) is 91.1 Å². The molecule has 0 bridgehead atoms. The fourth-order valence-electron chi connectivity index (χ4n) is 4.31.